The van der Waals surface area contributed by atoms with Gasteiger partial charge in [0.25, 0.3) is 0 Å². The largest absolute Gasteiger partial charge is 0.310 e. The molecule has 10 aromatic carbocycles. The smallest absolute Gasteiger partial charge is 0.0713 e. The van der Waals surface area contributed by atoms with Crippen LogP contribution in [0.4, 0.5) is 17.1 Å². The van der Waals surface area contributed by atoms with E-state index in [-0.39, 0.29) is 5.41 Å². The zero-order valence-corrected chi connectivity index (χ0v) is 36.8. The first-order valence-corrected chi connectivity index (χ1v) is 23.4. The van der Waals surface area contributed by atoms with Crippen molar-refractivity contribution in [2.45, 2.75) is 17.8 Å². The molecule has 0 N–H and O–H groups in total. The topological polar surface area (TPSA) is 3.24 Å². The minimum atomic E-state index is -0.464. The predicted octanol–water partition coefficient (Wildman–Crippen LogP) is 16.9. The molecular weight excluding hydrogens is 803 g/mol. The van der Waals surface area contributed by atoms with E-state index in [2.05, 4.69) is 254 Å². The highest BCUT2D eigenvalue weighted by atomic mass is 32.1. The van der Waals surface area contributed by atoms with E-state index in [0.29, 0.717) is 0 Å². The zero-order chi connectivity index (χ0) is 43.1. The normalized spacial score (nSPS) is 15.3. The van der Waals surface area contributed by atoms with Gasteiger partial charge in [-0.05, 0) is 128 Å². The Balaban J connectivity index is 1.00. The van der Waals surface area contributed by atoms with Crippen LogP contribution in [0, 0.1) is 0 Å². The maximum atomic E-state index is 2.47. The summed E-state index contributed by atoms with van der Waals surface area (Å²) in [5.41, 5.74) is 19.3. The second-order valence-corrected chi connectivity index (χ2v) is 18.8. The van der Waals surface area contributed by atoms with E-state index in [0.717, 1.165) is 17.1 Å². The van der Waals surface area contributed by atoms with Crippen LogP contribution < -0.4 is 4.90 Å². The Morgan fingerprint density at radius 1 is 0.323 bits per heavy atom. The lowest BCUT2D eigenvalue weighted by molar-refractivity contribution is 0.714. The quantitative estimate of drug-likeness (QED) is 0.154. The van der Waals surface area contributed by atoms with Gasteiger partial charge in [-0.15, -0.1) is 11.3 Å². The average molecular weight is 846 g/mol. The van der Waals surface area contributed by atoms with Crippen LogP contribution in [0.15, 0.2) is 243 Å². The van der Waals surface area contributed by atoms with Crippen LogP contribution in [0.1, 0.15) is 45.9 Å². The van der Waals surface area contributed by atoms with E-state index in [1.165, 1.54) is 92.5 Å². The molecule has 0 fully saturated rings. The van der Waals surface area contributed by atoms with Gasteiger partial charge < -0.3 is 4.90 Å². The molecule has 0 saturated heterocycles. The highest BCUT2D eigenvalue weighted by molar-refractivity contribution is 7.25. The number of nitrogens with zero attached hydrogens (tertiary/aromatic N) is 1. The molecule has 0 spiro atoms. The Morgan fingerprint density at radius 3 is 1.46 bits per heavy atom. The molecule has 0 aliphatic heterocycles. The molecule has 306 valence electrons. The number of thiophene rings is 1. The maximum absolute atomic E-state index is 2.47. The fourth-order valence-electron chi connectivity index (χ4n) is 11.4. The maximum Gasteiger partial charge on any atom is 0.0713 e. The SMILES string of the molecule is CC1(c2ccccc2)c2ccccc2-c2cc(N(c3ccc(-c4ccc5c(c4)sc4ccccc45)cc3)c3ccc4c(c3)-c3ccccc3C4(c3ccccc3)c3ccccc3)ccc21. The van der Waals surface area contributed by atoms with Gasteiger partial charge in [-0.1, -0.05) is 194 Å². The molecule has 2 heteroatoms. The Morgan fingerprint density at radius 2 is 0.785 bits per heavy atom. The summed E-state index contributed by atoms with van der Waals surface area (Å²) in [4.78, 5) is 2.47. The Labute approximate surface area is 384 Å². The van der Waals surface area contributed by atoms with Gasteiger partial charge in [0.1, 0.15) is 0 Å². The summed E-state index contributed by atoms with van der Waals surface area (Å²) in [5.74, 6) is 0. The minimum absolute atomic E-state index is 0.275. The van der Waals surface area contributed by atoms with E-state index in [9.17, 15) is 0 Å². The average Bonchev–Trinajstić information content (AvgIpc) is 3.99. The van der Waals surface area contributed by atoms with Gasteiger partial charge in [-0.2, -0.15) is 0 Å². The predicted molar refractivity (Wildman–Crippen MR) is 274 cm³/mol. The summed E-state index contributed by atoms with van der Waals surface area (Å²) < 4.78 is 2.64. The number of benzene rings is 10. The van der Waals surface area contributed by atoms with E-state index in [1.807, 2.05) is 11.3 Å². The van der Waals surface area contributed by atoms with E-state index in [1.54, 1.807) is 0 Å². The molecule has 0 saturated carbocycles. The summed E-state index contributed by atoms with van der Waals surface area (Å²) in [7, 11) is 0. The van der Waals surface area contributed by atoms with Crippen LogP contribution in [-0.2, 0) is 10.8 Å². The van der Waals surface area contributed by atoms with Gasteiger partial charge in [0.05, 0.1) is 5.41 Å². The van der Waals surface area contributed by atoms with Crippen molar-refractivity contribution in [2.75, 3.05) is 4.90 Å². The van der Waals surface area contributed by atoms with Crippen LogP contribution in [0.3, 0.4) is 0 Å². The number of hydrogen-bond acceptors (Lipinski definition) is 2. The molecule has 2 aliphatic rings. The summed E-state index contributed by atoms with van der Waals surface area (Å²) in [6.07, 6.45) is 0. The van der Waals surface area contributed by atoms with Crippen molar-refractivity contribution >= 4 is 48.6 Å². The molecule has 2 aliphatic carbocycles. The number of anilines is 3. The third-order valence-electron chi connectivity index (χ3n) is 14.4. The second-order valence-electron chi connectivity index (χ2n) is 17.7. The van der Waals surface area contributed by atoms with E-state index in [4.69, 9.17) is 0 Å². The lowest BCUT2D eigenvalue weighted by atomic mass is 9.68. The van der Waals surface area contributed by atoms with Gasteiger partial charge in [-0.3, -0.25) is 0 Å². The molecule has 0 bridgehead atoms. The van der Waals surface area contributed by atoms with Crippen molar-refractivity contribution in [1.82, 2.24) is 0 Å². The Hall–Kier alpha value is -7.78. The van der Waals surface area contributed by atoms with Crippen molar-refractivity contribution in [1.29, 1.82) is 0 Å². The van der Waals surface area contributed by atoms with Gasteiger partial charge in [0.2, 0.25) is 0 Å². The van der Waals surface area contributed by atoms with Gasteiger partial charge in [-0.25, -0.2) is 0 Å². The number of rotatable bonds is 7. The first-order chi connectivity index (χ1) is 32.1. The van der Waals surface area contributed by atoms with Crippen molar-refractivity contribution in [2.24, 2.45) is 0 Å². The zero-order valence-electron chi connectivity index (χ0n) is 35.9. The molecule has 0 radical (unpaired) electrons. The molecule has 1 unspecified atom stereocenters. The standard InChI is InChI=1S/C63H43NS/c1-62(44-17-5-2-6-18-44)56-26-14-11-23-50(56)54-40-48(34-37-57(54)62)64(47-32-29-42(30-33-47)43-31-36-53-52-25-13-16-28-60(52)65-61(53)39-43)49-35-38-59-55(41-49)51-24-12-15-27-58(51)63(59,45-19-7-3-8-20-45)46-21-9-4-10-22-46/h2-41H,1H3. The van der Waals surface area contributed by atoms with Crippen LogP contribution in [0.2, 0.25) is 0 Å². The van der Waals surface area contributed by atoms with Crippen LogP contribution in [0.25, 0.3) is 53.6 Å². The van der Waals surface area contributed by atoms with E-state index >= 15 is 0 Å². The molecule has 65 heavy (non-hydrogen) atoms. The number of hydrogen-bond donors (Lipinski definition) is 0. The highest BCUT2D eigenvalue weighted by Gasteiger charge is 2.46. The van der Waals surface area contributed by atoms with Crippen molar-refractivity contribution in [3.8, 4) is 33.4 Å². The molecule has 1 nitrogen and oxygen atoms in total. The van der Waals surface area contributed by atoms with Crippen molar-refractivity contribution in [3.05, 3.63) is 282 Å². The van der Waals surface area contributed by atoms with Gasteiger partial charge >= 0.3 is 0 Å². The molecule has 1 heterocycles. The Bertz CT molecular complexity index is 3570. The lowest BCUT2D eigenvalue weighted by Gasteiger charge is -2.34. The fourth-order valence-corrected chi connectivity index (χ4v) is 12.6. The second kappa shape index (κ2) is 14.6. The van der Waals surface area contributed by atoms with Crippen LogP contribution in [-0.4, -0.2) is 0 Å². The van der Waals surface area contributed by atoms with Gasteiger partial charge in [0.15, 0.2) is 0 Å². The van der Waals surface area contributed by atoms with Gasteiger partial charge in [0, 0.05) is 42.6 Å². The molecule has 11 aromatic rings. The lowest BCUT2D eigenvalue weighted by Crippen LogP contribution is -2.28. The van der Waals surface area contributed by atoms with Crippen LogP contribution in [0.5, 0.6) is 0 Å². The summed E-state index contributed by atoms with van der Waals surface area (Å²) >= 11 is 1.87. The third kappa shape index (κ3) is 5.57. The summed E-state index contributed by atoms with van der Waals surface area (Å²) in [6, 6.07) is 90.4. The molecule has 1 aromatic heterocycles. The van der Waals surface area contributed by atoms with Crippen molar-refractivity contribution < 1.29 is 0 Å². The summed E-state index contributed by atoms with van der Waals surface area (Å²) in [6.45, 7) is 2.39. The first-order valence-electron chi connectivity index (χ1n) is 22.6. The molecular formula is C63H43NS. The third-order valence-corrected chi connectivity index (χ3v) is 15.6. The first kappa shape index (κ1) is 37.7. The fraction of sp³-hybridized carbons (Fsp3) is 0.0476. The Kier molecular flexibility index (Phi) is 8.50. The number of fused-ring (bicyclic) bond motifs is 9. The summed E-state index contributed by atoms with van der Waals surface area (Å²) in [5, 5.41) is 2.65. The minimum Gasteiger partial charge on any atom is -0.310 e. The molecule has 1 atom stereocenters. The molecule has 13 rings (SSSR count). The highest BCUT2D eigenvalue weighted by Crippen LogP contribution is 2.58. The van der Waals surface area contributed by atoms with Crippen molar-refractivity contribution in [3.63, 3.8) is 0 Å². The van der Waals surface area contributed by atoms with E-state index < -0.39 is 5.41 Å². The molecule has 0 amide bonds. The monoisotopic (exact) mass is 845 g/mol. The van der Waals surface area contributed by atoms with Crippen LogP contribution >= 0.6 is 11.3 Å².